The van der Waals surface area contributed by atoms with Crippen molar-refractivity contribution in [2.45, 2.75) is 65.4 Å². The van der Waals surface area contributed by atoms with Crippen molar-refractivity contribution in [3.63, 3.8) is 0 Å². The number of carbonyl (C=O) groups excluding carboxylic acids is 1. The lowest BCUT2D eigenvalue weighted by atomic mass is 9.92. The van der Waals surface area contributed by atoms with Gasteiger partial charge in [-0.15, -0.1) is 0 Å². The number of aromatic nitrogens is 2. The number of amides is 1. The Labute approximate surface area is 201 Å². The van der Waals surface area contributed by atoms with Crippen LogP contribution in [0.25, 0.3) is 0 Å². The summed E-state index contributed by atoms with van der Waals surface area (Å²) >= 11 is 0. The molecule has 0 radical (unpaired) electrons. The van der Waals surface area contributed by atoms with Crippen LogP contribution in [0.3, 0.4) is 0 Å². The molecule has 1 amide bonds. The summed E-state index contributed by atoms with van der Waals surface area (Å²) in [6.45, 7) is 9.99. The van der Waals surface area contributed by atoms with E-state index in [1.165, 1.54) is 0 Å². The highest BCUT2D eigenvalue weighted by molar-refractivity contribution is 5.97. The van der Waals surface area contributed by atoms with Crippen molar-refractivity contribution in [1.82, 2.24) is 15.5 Å². The summed E-state index contributed by atoms with van der Waals surface area (Å²) in [4.78, 5) is 19.1. The minimum atomic E-state index is -0.962. The second kappa shape index (κ2) is 12.2. The molecule has 1 aliphatic heterocycles. The van der Waals surface area contributed by atoms with Crippen molar-refractivity contribution in [3.8, 4) is 5.75 Å². The van der Waals surface area contributed by atoms with E-state index in [9.17, 15) is 9.90 Å². The fourth-order valence-corrected chi connectivity index (χ4v) is 4.29. The van der Waals surface area contributed by atoms with Crippen molar-refractivity contribution in [2.24, 2.45) is 5.92 Å². The summed E-state index contributed by atoms with van der Waals surface area (Å²) in [5, 5.41) is 25.0. The molecule has 188 valence electrons. The summed E-state index contributed by atoms with van der Waals surface area (Å²) in [6, 6.07) is 4.38. The quantitative estimate of drug-likeness (QED) is 0.425. The van der Waals surface area contributed by atoms with E-state index in [2.05, 4.69) is 34.2 Å². The smallest absolute Gasteiger partial charge is 0.324 e. The Morgan fingerprint density at radius 3 is 2.53 bits per heavy atom. The molecule has 9 nitrogen and oxygen atoms in total. The Bertz CT molecular complexity index is 914. The predicted molar refractivity (Wildman–Crippen MR) is 129 cm³/mol. The van der Waals surface area contributed by atoms with Gasteiger partial charge in [0.2, 0.25) is 0 Å². The summed E-state index contributed by atoms with van der Waals surface area (Å²) < 4.78 is 11.4. The van der Waals surface area contributed by atoms with E-state index in [1.54, 1.807) is 0 Å². The molecule has 1 aromatic carbocycles. The zero-order valence-electron chi connectivity index (χ0n) is 20.7. The van der Waals surface area contributed by atoms with Gasteiger partial charge in [-0.1, -0.05) is 19.0 Å². The number of rotatable bonds is 11. The van der Waals surface area contributed by atoms with E-state index in [4.69, 9.17) is 14.4 Å². The molecule has 1 fully saturated rings. The van der Waals surface area contributed by atoms with E-state index in [0.29, 0.717) is 24.1 Å². The molecule has 0 aliphatic carbocycles. The maximum absolute atomic E-state index is 12.4. The molecule has 1 saturated heterocycles. The van der Waals surface area contributed by atoms with Crippen molar-refractivity contribution in [2.75, 3.05) is 37.7 Å². The molecule has 0 bridgehead atoms. The number of aliphatic hydroxyl groups is 2. The number of aliphatic hydroxyl groups excluding tert-OH is 2. The first-order valence-corrected chi connectivity index (χ1v) is 12.2. The number of carbonyl (C=O) groups is 1. The van der Waals surface area contributed by atoms with E-state index in [-0.39, 0.29) is 25.0 Å². The summed E-state index contributed by atoms with van der Waals surface area (Å²) in [7, 11) is 0. The average molecular weight is 475 g/mol. The Morgan fingerprint density at radius 2 is 1.94 bits per heavy atom. The molecule has 1 aliphatic rings. The van der Waals surface area contributed by atoms with Gasteiger partial charge < -0.3 is 29.7 Å². The van der Waals surface area contributed by atoms with Crippen LogP contribution in [0.4, 0.5) is 6.01 Å². The largest absolute Gasteiger partial charge is 0.494 e. The van der Waals surface area contributed by atoms with Crippen LogP contribution in [0.5, 0.6) is 5.75 Å². The highest BCUT2D eigenvalue weighted by Gasteiger charge is 2.23. The number of hydrogen-bond acceptors (Lipinski definition) is 8. The van der Waals surface area contributed by atoms with E-state index >= 15 is 0 Å². The molecule has 3 rings (SSSR count). The Kier molecular flexibility index (Phi) is 9.29. The lowest BCUT2D eigenvalue weighted by Gasteiger charge is -2.30. The number of aryl methyl sites for hydroxylation is 2. The van der Waals surface area contributed by atoms with Crippen molar-refractivity contribution in [1.29, 1.82) is 0 Å². The van der Waals surface area contributed by atoms with Gasteiger partial charge in [0.15, 0.2) is 5.82 Å². The highest BCUT2D eigenvalue weighted by atomic mass is 16.5. The van der Waals surface area contributed by atoms with Crippen LogP contribution in [-0.4, -0.2) is 65.2 Å². The maximum atomic E-state index is 12.4. The Morgan fingerprint density at radius 1 is 1.26 bits per heavy atom. The fraction of sp³-hybridized carbons (Fsp3) is 0.640. The first-order valence-electron chi connectivity index (χ1n) is 12.2. The van der Waals surface area contributed by atoms with Crippen molar-refractivity contribution < 1.29 is 24.3 Å². The third-order valence-electron chi connectivity index (χ3n) is 6.30. The maximum Gasteiger partial charge on any atom is 0.324 e. The van der Waals surface area contributed by atoms with Gasteiger partial charge in [-0.3, -0.25) is 4.79 Å². The molecule has 0 spiro atoms. The van der Waals surface area contributed by atoms with E-state index in [1.807, 2.05) is 26.0 Å². The molecule has 2 aromatic rings. The van der Waals surface area contributed by atoms with Gasteiger partial charge >= 0.3 is 6.01 Å². The lowest BCUT2D eigenvalue weighted by molar-refractivity contribution is 0.0801. The molecule has 2 heterocycles. The molecule has 3 N–H and O–H groups in total. The predicted octanol–water partition coefficient (Wildman–Crippen LogP) is 2.97. The number of ether oxygens (including phenoxy) is 1. The highest BCUT2D eigenvalue weighted by Crippen LogP contribution is 2.27. The molecule has 9 heteroatoms. The molecular weight excluding hydrogens is 436 g/mol. The van der Waals surface area contributed by atoms with Crippen LogP contribution in [0.15, 0.2) is 16.7 Å². The van der Waals surface area contributed by atoms with E-state index in [0.717, 1.165) is 61.5 Å². The Balaban J connectivity index is 1.40. The van der Waals surface area contributed by atoms with Gasteiger partial charge in [0.05, 0.1) is 19.3 Å². The van der Waals surface area contributed by atoms with Crippen LogP contribution in [-0.2, 0) is 0 Å². The van der Waals surface area contributed by atoms with Gasteiger partial charge in [0.25, 0.3) is 5.91 Å². The summed E-state index contributed by atoms with van der Waals surface area (Å²) in [5.41, 5.74) is 2.21. The number of piperidine rings is 1. The zero-order chi connectivity index (χ0) is 24.7. The van der Waals surface area contributed by atoms with Crippen molar-refractivity contribution >= 4 is 11.9 Å². The van der Waals surface area contributed by atoms with Crippen LogP contribution >= 0.6 is 0 Å². The van der Waals surface area contributed by atoms with Gasteiger partial charge in [0.1, 0.15) is 5.75 Å². The molecular formula is C25H38N4O5. The molecule has 1 aromatic heterocycles. The van der Waals surface area contributed by atoms with E-state index < -0.39 is 6.10 Å². The number of hydrogen-bond donors (Lipinski definition) is 3. The number of nitrogens with one attached hydrogen (secondary N) is 1. The third kappa shape index (κ3) is 6.93. The molecule has 1 unspecified atom stereocenters. The number of benzene rings is 1. The first-order chi connectivity index (χ1) is 16.3. The minimum Gasteiger partial charge on any atom is -0.494 e. The topological polar surface area (TPSA) is 121 Å². The van der Waals surface area contributed by atoms with Crippen LogP contribution in [0.1, 0.15) is 72.8 Å². The van der Waals surface area contributed by atoms with Gasteiger partial charge in [-0.2, -0.15) is 4.98 Å². The first kappa shape index (κ1) is 26.0. The second-order valence-corrected chi connectivity index (χ2v) is 9.49. The molecule has 0 saturated carbocycles. The average Bonchev–Trinajstić information content (AvgIpc) is 3.31. The summed E-state index contributed by atoms with van der Waals surface area (Å²) in [6.07, 6.45) is 3.33. The monoisotopic (exact) mass is 474 g/mol. The lowest BCUT2D eigenvalue weighted by Crippen LogP contribution is -2.34. The van der Waals surface area contributed by atoms with Crippen molar-refractivity contribution in [3.05, 3.63) is 34.6 Å². The molecule has 34 heavy (non-hydrogen) atoms. The van der Waals surface area contributed by atoms with Gasteiger partial charge in [-0.05, 0) is 68.7 Å². The molecule has 1 atom stereocenters. The Hall–Kier alpha value is -2.65. The third-order valence-corrected chi connectivity index (χ3v) is 6.30. The van der Waals surface area contributed by atoms with Crippen LogP contribution < -0.4 is 15.0 Å². The normalized spacial score (nSPS) is 15.6. The minimum absolute atomic E-state index is 0.0132. The van der Waals surface area contributed by atoms with Crippen LogP contribution in [0, 0.1) is 19.8 Å². The summed E-state index contributed by atoms with van der Waals surface area (Å²) in [5.74, 6) is 2.18. The number of nitrogens with zero attached hydrogens (tertiary/aromatic N) is 3. The zero-order valence-corrected chi connectivity index (χ0v) is 20.7. The van der Waals surface area contributed by atoms with Crippen LogP contribution in [0.2, 0.25) is 0 Å². The SMILES string of the molecule is Cc1cc(OCCCC2CCN(c3nc(C(C)C)no3)CC2)cc(C)c1C(=O)NCC(O)CO. The second-order valence-electron chi connectivity index (χ2n) is 9.49. The standard InChI is InChI=1S/C25H38N4O5/c1-16(2)23-27-25(34-28-23)29-9-7-19(8-10-29)6-5-11-33-21-12-17(3)22(18(4)13-21)24(32)26-14-20(31)15-30/h12-13,16,19-20,30-31H,5-11,14-15H2,1-4H3,(H,26,32). The van der Waals surface area contributed by atoms with Gasteiger partial charge in [0, 0.05) is 31.1 Å². The number of anilines is 1. The fourth-order valence-electron chi connectivity index (χ4n) is 4.29. The van der Waals surface area contributed by atoms with Gasteiger partial charge in [-0.25, -0.2) is 0 Å².